The highest BCUT2D eigenvalue weighted by molar-refractivity contribution is 4.96. The van der Waals surface area contributed by atoms with E-state index in [2.05, 4.69) is 16.7 Å². The third kappa shape index (κ3) is 1.94. The van der Waals surface area contributed by atoms with Crippen molar-refractivity contribution in [2.75, 3.05) is 32.7 Å². The maximum Gasteiger partial charge on any atom is 0.0224 e. The fourth-order valence-corrected chi connectivity index (χ4v) is 3.47. The molecule has 0 bridgehead atoms. The van der Waals surface area contributed by atoms with Crippen LogP contribution in [0, 0.1) is 5.41 Å². The van der Waals surface area contributed by atoms with Crippen molar-refractivity contribution >= 4 is 0 Å². The molecule has 0 spiro atoms. The number of nitrogens with zero attached hydrogens (tertiary/aromatic N) is 2. The number of piperazine rings is 1. The van der Waals surface area contributed by atoms with E-state index in [1.807, 2.05) is 0 Å². The lowest BCUT2D eigenvalue weighted by atomic mass is 10.0. The molecule has 1 aliphatic carbocycles. The zero-order valence-electron chi connectivity index (χ0n) is 10.0. The van der Waals surface area contributed by atoms with Crippen molar-refractivity contribution in [3.8, 4) is 0 Å². The van der Waals surface area contributed by atoms with Gasteiger partial charge in [0.05, 0.1) is 0 Å². The molecule has 86 valence electrons. The molecule has 3 aliphatic rings. The van der Waals surface area contributed by atoms with Crippen LogP contribution in [0.1, 0.15) is 39.0 Å². The normalized spacial score (nSPS) is 35.4. The zero-order valence-corrected chi connectivity index (χ0v) is 10.0. The van der Waals surface area contributed by atoms with E-state index in [1.165, 1.54) is 64.8 Å². The molecule has 0 aromatic rings. The third-order valence-corrected chi connectivity index (χ3v) is 4.94. The monoisotopic (exact) mass is 208 g/mol. The predicted molar refractivity (Wildman–Crippen MR) is 63.0 cm³/mol. The molecule has 3 rings (SSSR count). The molecular weight excluding hydrogens is 184 g/mol. The van der Waals surface area contributed by atoms with Crippen LogP contribution in [0.2, 0.25) is 0 Å². The van der Waals surface area contributed by atoms with Gasteiger partial charge in [-0.2, -0.15) is 0 Å². The van der Waals surface area contributed by atoms with Crippen molar-refractivity contribution in [2.24, 2.45) is 5.41 Å². The van der Waals surface area contributed by atoms with Gasteiger partial charge in [0.2, 0.25) is 0 Å². The highest BCUT2D eigenvalue weighted by Gasteiger charge is 2.43. The van der Waals surface area contributed by atoms with Crippen LogP contribution < -0.4 is 0 Å². The summed E-state index contributed by atoms with van der Waals surface area (Å²) >= 11 is 0. The summed E-state index contributed by atoms with van der Waals surface area (Å²) in [6, 6.07) is 0.909. The van der Waals surface area contributed by atoms with E-state index in [1.54, 1.807) is 0 Å². The molecule has 1 saturated carbocycles. The molecule has 2 saturated heterocycles. The quantitative estimate of drug-likeness (QED) is 0.699. The zero-order chi connectivity index (χ0) is 10.3. The van der Waals surface area contributed by atoms with Gasteiger partial charge in [-0.3, -0.25) is 9.80 Å². The van der Waals surface area contributed by atoms with E-state index >= 15 is 0 Å². The first-order valence-corrected chi connectivity index (χ1v) is 6.78. The first-order valence-electron chi connectivity index (χ1n) is 6.78. The van der Waals surface area contributed by atoms with Crippen LogP contribution in [-0.4, -0.2) is 48.6 Å². The van der Waals surface area contributed by atoms with E-state index in [4.69, 9.17) is 0 Å². The lowest BCUT2D eigenvalue weighted by Crippen LogP contribution is -2.51. The molecule has 2 heteroatoms. The summed E-state index contributed by atoms with van der Waals surface area (Å²) in [4.78, 5) is 5.46. The molecule has 0 N–H and O–H groups in total. The molecule has 0 radical (unpaired) electrons. The van der Waals surface area contributed by atoms with Gasteiger partial charge >= 0.3 is 0 Å². The SMILES string of the molecule is CCC1(CN2CCN3CCCC3C2)CC1. The van der Waals surface area contributed by atoms with Crippen LogP contribution in [0.3, 0.4) is 0 Å². The minimum atomic E-state index is 0.751. The van der Waals surface area contributed by atoms with Crippen LogP contribution in [0.25, 0.3) is 0 Å². The Bertz CT molecular complexity index is 235. The summed E-state index contributed by atoms with van der Waals surface area (Å²) in [6.45, 7) is 9.18. The van der Waals surface area contributed by atoms with E-state index < -0.39 is 0 Å². The molecule has 0 aromatic heterocycles. The predicted octanol–water partition coefficient (Wildman–Crippen LogP) is 1.96. The van der Waals surface area contributed by atoms with Crippen LogP contribution in [0.15, 0.2) is 0 Å². The lowest BCUT2D eigenvalue weighted by molar-refractivity contribution is 0.0870. The van der Waals surface area contributed by atoms with E-state index in [0.717, 1.165) is 11.5 Å². The fourth-order valence-electron chi connectivity index (χ4n) is 3.47. The maximum atomic E-state index is 2.75. The Morgan fingerprint density at radius 2 is 2.07 bits per heavy atom. The minimum Gasteiger partial charge on any atom is -0.300 e. The van der Waals surface area contributed by atoms with Gasteiger partial charge in [-0.25, -0.2) is 0 Å². The van der Waals surface area contributed by atoms with Crippen molar-refractivity contribution in [2.45, 2.75) is 45.1 Å². The molecule has 3 fully saturated rings. The van der Waals surface area contributed by atoms with E-state index in [-0.39, 0.29) is 0 Å². The van der Waals surface area contributed by atoms with Crippen LogP contribution >= 0.6 is 0 Å². The Hall–Kier alpha value is -0.0800. The lowest BCUT2D eigenvalue weighted by Gasteiger charge is -2.39. The van der Waals surface area contributed by atoms with Gasteiger partial charge in [0.15, 0.2) is 0 Å². The number of hydrogen-bond donors (Lipinski definition) is 0. The standard InChI is InChI=1S/C13H24N2/c1-2-13(5-6-13)11-14-8-9-15-7-3-4-12(15)10-14/h12H,2-11H2,1H3. The van der Waals surface area contributed by atoms with Crippen molar-refractivity contribution in [3.63, 3.8) is 0 Å². The number of hydrogen-bond acceptors (Lipinski definition) is 2. The third-order valence-electron chi connectivity index (χ3n) is 4.94. The average Bonchev–Trinajstić information content (AvgIpc) is 2.88. The molecule has 1 atom stereocenters. The highest BCUT2D eigenvalue weighted by Crippen LogP contribution is 2.49. The Balaban J connectivity index is 1.55. The Morgan fingerprint density at radius 3 is 2.80 bits per heavy atom. The van der Waals surface area contributed by atoms with E-state index in [0.29, 0.717) is 0 Å². The van der Waals surface area contributed by atoms with Crippen molar-refractivity contribution in [1.82, 2.24) is 9.80 Å². The molecule has 15 heavy (non-hydrogen) atoms. The number of rotatable bonds is 3. The topological polar surface area (TPSA) is 6.48 Å². The maximum absolute atomic E-state index is 2.75. The van der Waals surface area contributed by atoms with Gasteiger partial charge in [-0.15, -0.1) is 0 Å². The fraction of sp³-hybridized carbons (Fsp3) is 1.00. The summed E-state index contributed by atoms with van der Waals surface area (Å²) < 4.78 is 0. The highest BCUT2D eigenvalue weighted by atomic mass is 15.3. The Kier molecular flexibility index (Phi) is 2.52. The molecular formula is C13H24N2. The molecule has 1 unspecified atom stereocenters. The Labute approximate surface area is 93.6 Å². The molecule has 2 nitrogen and oxygen atoms in total. The molecule has 2 heterocycles. The Morgan fingerprint density at radius 1 is 1.20 bits per heavy atom. The van der Waals surface area contributed by atoms with Crippen LogP contribution in [-0.2, 0) is 0 Å². The summed E-state index contributed by atoms with van der Waals surface area (Å²) in [6.07, 6.45) is 7.29. The summed E-state index contributed by atoms with van der Waals surface area (Å²) in [5.74, 6) is 0. The van der Waals surface area contributed by atoms with Gasteiger partial charge in [-0.05, 0) is 44.1 Å². The summed E-state index contributed by atoms with van der Waals surface area (Å²) in [7, 11) is 0. The van der Waals surface area contributed by atoms with Crippen LogP contribution in [0.5, 0.6) is 0 Å². The second kappa shape index (κ2) is 3.74. The van der Waals surface area contributed by atoms with Gasteiger partial charge in [-0.1, -0.05) is 6.92 Å². The molecule has 2 aliphatic heterocycles. The van der Waals surface area contributed by atoms with Gasteiger partial charge < -0.3 is 0 Å². The summed E-state index contributed by atoms with van der Waals surface area (Å²) in [5, 5.41) is 0. The van der Waals surface area contributed by atoms with E-state index in [9.17, 15) is 0 Å². The first-order chi connectivity index (χ1) is 7.31. The second-order valence-corrected chi connectivity index (χ2v) is 5.92. The summed E-state index contributed by atoms with van der Waals surface area (Å²) in [5.41, 5.74) is 0.751. The smallest absolute Gasteiger partial charge is 0.0224 e. The van der Waals surface area contributed by atoms with Crippen molar-refractivity contribution in [1.29, 1.82) is 0 Å². The van der Waals surface area contributed by atoms with Crippen molar-refractivity contribution < 1.29 is 0 Å². The second-order valence-electron chi connectivity index (χ2n) is 5.92. The average molecular weight is 208 g/mol. The largest absolute Gasteiger partial charge is 0.300 e. The van der Waals surface area contributed by atoms with Gasteiger partial charge in [0.25, 0.3) is 0 Å². The van der Waals surface area contributed by atoms with Gasteiger partial charge in [0, 0.05) is 32.2 Å². The molecule has 0 amide bonds. The first kappa shape index (κ1) is 10.1. The van der Waals surface area contributed by atoms with Crippen molar-refractivity contribution in [3.05, 3.63) is 0 Å². The number of fused-ring (bicyclic) bond motifs is 1. The van der Waals surface area contributed by atoms with Crippen LogP contribution in [0.4, 0.5) is 0 Å². The molecule has 0 aromatic carbocycles. The minimum absolute atomic E-state index is 0.751. The van der Waals surface area contributed by atoms with Gasteiger partial charge in [0.1, 0.15) is 0 Å².